The van der Waals surface area contributed by atoms with Crippen molar-refractivity contribution in [3.05, 3.63) is 29.0 Å². The van der Waals surface area contributed by atoms with Crippen molar-refractivity contribution in [2.45, 2.75) is 32.4 Å². The van der Waals surface area contributed by atoms with E-state index in [4.69, 9.17) is 16.3 Å². The molecule has 0 saturated heterocycles. The summed E-state index contributed by atoms with van der Waals surface area (Å²) in [6, 6.07) is 3.14. The summed E-state index contributed by atoms with van der Waals surface area (Å²) in [4.78, 5) is 4.07. The molecule has 2 heterocycles. The number of aromatic nitrogens is 3. The zero-order valence-corrected chi connectivity index (χ0v) is 13.0. The van der Waals surface area contributed by atoms with Gasteiger partial charge >= 0.3 is 6.18 Å². The molecule has 2 rings (SSSR count). The normalized spacial score (nSPS) is 12.5. The lowest BCUT2D eigenvalue weighted by Crippen LogP contribution is -2.19. The number of aromatic amines is 1. The van der Waals surface area contributed by atoms with E-state index < -0.39 is 12.8 Å². The van der Waals surface area contributed by atoms with Gasteiger partial charge in [-0.05, 0) is 6.07 Å². The lowest BCUT2D eigenvalue weighted by Gasteiger charge is -2.14. The standard InChI is InChI=1S/C14H15ClF3N3O/c1-13(2,3)12-5-10(20-21-12)9-4-11(8(15)6-19-9)22-7-14(16,17)18/h4-6H,7H2,1-3H3,(H,20,21). The molecule has 0 atom stereocenters. The van der Waals surface area contributed by atoms with Crippen molar-refractivity contribution in [2.75, 3.05) is 6.61 Å². The minimum Gasteiger partial charge on any atom is -0.482 e. The first-order chi connectivity index (χ1) is 10.1. The molecule has 0 fully saturated rings. The predicted molar refractivity (Wildman–Crippen MR) is 77.1 cm³/mol. The minimum absolute atomic E-state index is 0.0135. The number of rotatable bonds is 3. The number of alkyl halides is 3. The van der Waals surface area contributed by atoms with Crippen molar-refractivity contribution >= 4 is 11.6 Å². The summed E-state index contributed by atoms with van der Waals surface area (Å²) in [5.74, 6) is -0.0794. The molecule has 0 radical (unpaired) electrons. The van der Waals surface area contributed by atoms with Crippen LogP contribution in [0.15, 0.2) is 18.3 Å². The van der Waals surface area contributed by atoms with Crippen LogP contribution < -0.4 is 4.74 Å². The molecule has 22 heavy (non-hydrogen) atoms. The highest BCUT2D eigenvalue weighted by molar-refractivity contribution is 6.32. The van der Waals surface area contributed by atoms with E-state index in [1.165, 1.54) is 12.3 Å². The van der Waals surface area contributed by atoms with Crippen LogP contribution >= 0.6 is 11.6 Å². The summed E-state index contributed by atoms with van der Waals surface area (Å²) in [5.41, 5.74) is 1.65. The van der Waals surface area contributed by atoms with Crippen LogP contribution in [0.5, 0.6) is 5.75 Å². The number of pyridine rings is 1. The molecule has 0 unspecified atom stereocenters. The van der Waals surface area contributed by atoms with Gasteiger partial charge in [0, 0.05) is 17.2 Å². The molecule has 0 saturated carbocycles. The fraction of sp³-hybridized carbons (Fsp3) is 0.429. The van der Waals surface area contributed by atoms with Crippen molar-refractivity contribution in [1.29, 1.82) is 0 Å². The highest BCUT2D eigenvalue weighted by Gasteiger charge is 2.29. The van der Waals surface area contributed by atoms with E-state index in [1.807, 2.05) is 20.8 Å². The SMILES string of the molecule is CC(C)(C)c1cc(-c2cc(OCC(F)(F)F)c(Cl)cn2)n[nH]1. The molecule has 0 bridgehead atoms. The average Bonchev–Trinajstić information content (AvgIpc) is 2.86. The smallest absolute Gasteiger partial charge is 0.422 e. The van der Waals surface area contributed by atoms with Gasteiger partial charge in [0.25, 0.3) is 0 Å². The number of hydrogen-bond acceptors (Lipinski definition) is 3. The molecule has 0 spiro atoms. The van der Waals surface area contributed by atoms with E-state index in [0.717, 1.165) is 5.69 Å². The van der Waals surface area contributed by atoms with E-state index in [9.17, 15) is 13.2 Å². The van der Waals surface area contributed by atoms with Crippen LogP contribution in [-0.2, 0) is 5.41 Å². The number of nitrogens with zero attached hydrogens (tertiary/aromatic N) is 2. The molecular weight excluding hydrogens is 319 g/mol. The van der Waals surface area contributed by atoms with Crippen molar-refractivity contribution in [3.8, 4) is 17.1 Å². The van der Waals surface area contributed by atoms with Crippen LogP contribution in [0.3, 0.4) is 0 Å². The second-order valence-corrected chi connectivity index (χ2v) is 6.23. The molecule has 0 aromatic carbocycles. The zero-order chi connectivity index (χ0) is 16.5. The maximum atomic E-state index is 12.2. The lowest BCUT2D eigenvalue weighted by molar-refractivity contribution is -0.153. The summed E-state index contributed by atoms with van der Waals surface area (Å²) in [7, 11) is 0. The Balaban J connectivity index is 2.27. The molecule has 2 aromatic rings. The van der Waals surface area contributed by atoms with E-state index in [-0.39, 0.29) is 16.2 Å². The Hall–Kier alpha value is -1.76. The van der Waals surface area contributed by atoms with Crippen molar-refractivity contribution < 1.29 is 17.9 Å². The van der Waals surface area contributed by atoms with Crippen LogP contribution in [-0.4, -0.2) is 28.0 Å². The zero-order valence-electron chi connectivity index (χ0n) is 12.3. The van der Waals surface area contributed by atoms with Crippen molar-refractivity contribution in [1.82, 2.24) is 15.2 Å². The summed E-state index contributed by atoms with van der Waals surface area (Å²) >= 11 is 5.81. The fourth-order valence-electron chi connectivity index (χ4n) is 1.67. The molecular formula is C14H15ClF3N3O. The average molecular weight is 334 g/mol. The maximum Gasteiger partial charge on any atom is 0.422 e. The number of hydrogen-bond donors (Lipinski definition) is 1. The van der Waals surface area contributed by atoms with Crippen LogP contribution in [0, 0.1) is 0 Å². The van der Waals surface area contributed by atoms with Crippen LogP contribution in [0.4, 0.5) is 13.2 Å². The third-order valence-electron chi connectivity index (χ3n) is 2.86. The maximum absolute atomic E-state index is 12.2. The third kappa shape index (κ3) is 4.13. The minimum atomic E-state index is -4.43. The van der Waals surface area contributed by atoms with E-state index in [2.05, 4.69) is 15.2 Å². The van der Waals surface area contributed by atoms with Gasteiger partial charge in [-0.25, -0.2) is 0 Å². The van der Waals surface area contributed by atoms with Gasteiger partial charge in [0.05, 0.1) is 11.9 Å². The number of ether oxygens (including phenoxy) is 1. The Labute approximate surface area is 130 Å². The van der Waals surface area contributed by atoms with Gasteiger partial charge in [-0.2, -0.15) is 18.3 Å². The number of nitrogens with one attached hydrogen (secondary N) is 1. The van der Waals surface area contributed by atoms with Crippen LogP contribution in [0.1, 0.15) is 26.5 Å². The van der Waals surface area contributed by atoms with Crippen LogP contribution in [0.2, 0.25) is 5.02 Å². The lowest BCUT2D eigenvalue weighted by atomic mass is 9.92. The molecule has 0 amide bonds. The van der Waals surface area contributed by atoms with Gasteiger partial charge in [0.15, 0.2) is 6.61 Å². The Bertz CT molecular complexity index is 662. The van der Waals surface area contributed by atoms with Gasteiger partial charge in [0.1, 0.15) is 16.5 Å². The second-order valence-electron chi connectivity index (χ2n) is 5.82. The van der Waals surface area contributed by atoms with Crippen LogP contribution in [0.25, 0.3) is 11.4 Å². The highest BCUT2D eigenvalue weighted by Crippen LogP contribution is 2.31. The number of H-pyrrole nitrogens is 1. The first-order valence-electron chi connectivity index (χ1n) is 6.47. The Kier molecular flexibility index (Phi) is 4.37. The quantitative estimate of drug-likeness (QED) is 0.907. The van der Waals surface area contributed by atoms with Gasteiger partial charge in [-0.3, -0.25) is 10.1 Å². The largest absolute Gasteiger partial charge is 0.482 e. The van der Waals surface area contributed by atoms with Crippen molar-refractivity contribution in [2.24, 2.45) is 0 Å². The molecule has 1 N–H and O–H groups in total. The molecule has 2 aromatic heterocycles. The van der Waals surface area contributed by atoms with Gasteiger partial charge < -0.3 is 4.74 Å². The molecule has 0 aliphatic carbocycles. The van der Waals surface area contributed by atoms with Gasteiger partial charge in [-0.1, -0.05) is 32.4 Å². The van der Waals surface area contributed by atoms with E-state index in [0.29, 0.717) is 11.4 Å². The fourth-order valence-corrected chi connectivity index (χ4v) is 1.83. The molecule has 4 nitrogen and oxygen atoms in total. The van der Waals surface area contributed by atoms with E-state index in [1.54, 1.807) is 6.07 Å². The Morgan fingerprint density at radius 3 is 2.41 bits per heavy atom. The third-order valence-corrected chi connectivity index (χ3v) is 3.14. The molecule has 0 aliphatic heterocycles. The highest BCUT2D eigenvalue weighted by atomic mass is 35.5. The monoisotopic (exact) mass is 333 g/mol. The first-order valence-corrected chi connectivity index (χ1v) is 6.85. The van der Waals surface area contributed by atoms with E-state index >= 15 is 0 Å². The molecule has 8 heteroatoms. The van der Waals surface area contributed by atoms with Gasteiger partial charge in [-0.15, -0.1) is 0 Å². The Morgan fingerprint density at radius 1 is 1.18 bits per heavy atom. The van der Waals surface area contributed by atoms with Crippen molar-refractivity contribution in [3.63, 3.8) is 0 Å². The summed E-state index contributed by atoms with van der Waals surface area (Å²) in [6.07, 6.45) is -3.19. The summed E-state index contributed by atoms with van der Waals surface area (Å²) < 4.78 is 41.4. The topological polar surface area (TPSA) is 50.8 Å². The number of halogens is 4. The van der Waals surface area contributed by atoms with Gasteiger partial charge in [0.2, 0.25) is 0 Å². The summed E-state index contributed by atoms with van der Waals surface area (Å²) in [6.45, 7) is 4.62. The second kappa shape index (κ2) is 5.79. The molecule has 120 valence electrons. The predicted octanol–water partition coefficient (Wildman–Crippen LogP) is 4.36. The Morgan fingerprint density at radius 2 is 1.86 bits per heavy atom. The molecule has 0 aliphatic rings. The first kappa shape index (κ1) is 16.6. The summed E-state index contributed by atoms with van der Waals surface area (Å²) in [5, 5.41) is 7.03.